The number of aromatic nitrogens is 2. The summed E-state index contributed by atoms with van der Waals surface area (Å²) in [7, 11) is 0. The fourth-order valence-electron chi connectivity index (χ4n) is 2.73. The smallest absolute Gasteiger partial charge is 0.142 e. The van der Waals surface area contributed by atoms with Gasteiger partial charge in [0.1, 0.15) is 17.3 Å². The molecular formula is C19H19FN4O2. The lowest BCUT2D eigenvalue weighted by Gasteiger charge is -2.09. The Labute approximate surface area is 150 Å². The largest absolute Gasteiger partial charge is 0.506 e. The van der Waals surface area contributed by atoms with Gasteiger partial charge in [0.25, 0.3) is 0 Å². The number of hydrogen-bond acceptors (Lipinski definition) is 6. The van der Waals surface area contributed by atoms with Gasteiger partial charge in [0.2, 0.25) is 0 Å². The average molecular weight is 354 g/mol. The minimum absolute atomic E-state index is 0.0231. The lowest BCUT2D eigenvalue weighted by atomic mass is 10.1. The summed E-state index contributed by atoms with van der Waals surface area (Å²) in [4.78, 5) is 8.47. The highest BCUT2D eigenvalue weighted by atomic mass is 19.1. The van der Waals surface area contributed by atoms with E-state index in [1.807, 2.05) is 6.07 Å². The highest BCUT2D eigenvalue weighted by Gasteiger charge is 2.05. The van der Waals surface area contributed by atoms with Crippen molar-refractivity contribution in [2.75, 3.05) is 11.9 Å². The number of oxime groups is 1. The fourth-order valence-corrected chi connectivity index (χ4v) is 2.73. The van der Waals surface area contributed by atoms with Gasteiger partial charge < -0.3 is 15.6 Å². The van der Waals surface area contributed by atoms with E-state index in [2.05, 4.69) is 20.4 Å². The Balaban J connectivity index is 1.54. The van der Waals surface area contributed by atoms with Crippen LogP contribution in [0.4, 0.5) is 10.1 Å². The van der Waals surface area contributed by atoms with Gasteiger partial charge >= 0.3 is 0 Å². The second-order valence-corrected chi connectivity index (χ2v) is 5.86. The van der Waals surface area contributed by atoms with Crippen molar-refractivity contribution in [3.05, 3.63) is 59.8 Å². The Hall–Kier alpha value is -3.22. The van der Waals surface area contributed by atoms with Crippen molar-refractivity contribution >= 4 is 22.8 Å². The zero-order valence-corrected chi connectivity index (χ0v) is 14.1. The maximum Gasteiger partial charge on any atom is 0.142 e. The van der Waals surface area contributed by atoms with Crippen LogP contribution in [0.15, 0.2) is 47.8 Å². The molecule has 0 aliphatic carbocycles. The minimum Gasteiger partial charge on any atom is -0.506 e. The number of anilines is 1. The highest BCUT2D eigenvalue weighted by Crippen LogP contribution is 2.22. The molecule has 0 saturated heterocycles. The van der Waals surface area contributed by atoms with E-state index in [9.17, 15) is 9.50 Å². The van der Waals surface area contributed by atoms with Gasteiger partial charge in [0.15, 0.2) is 0 Å². The Kier molecular flexibility index (Phi) is 5.58. The summed E-state index contributed by atoms with van der Waals surface area (Å²) in [5.41, 5.74) is 2.67. The molecule has 26 heavy (non-hydrogen) atoms. The number of rotatable bonds is 7. The SMILES string of the molecule is O/N=C/c1nc(CCCCNc2ccnc3ccc(F)cc23)ccc1O. The van der Waals surface area contributed by atoms with Gasteiger partial charge in [-0.1, -0.05) is 5.16 Å². The quantitative estimate of drug-likeness (QED) is 0.260. The molecule has 0 aliphatic heterocycles. The predicted molar refractivity (Wildman–Crippen MR) is 98.4 cm³/mol. The van der Waals surface area contributed by atoms with E-state index in [0.29, 0.717) is 0 Å². The van der Waals surface area contributed by atoms with Crippen molar-refractivity contribution in [1.29, 1.82) is 0 Å². The van der Waals surface area contributed by atoms with E-state index in [4.69, 9.17) is 5.21 Å². The standard InChI is InChI=1S/C19H19FN4O2/c20-13-4-6-16-15(11-13)17(8-10-22-16)21-9-2-1-3-14-5-7-19(25)18(24-14)12-23-26/h4-8,10-12,25-26H,1-3,9H2,(H,21,22)/b23-12+. The molecule has 3 rings (SSSR count). The first-order valence-electron chi connectivity index (χ1n) is 8.32. The van der Waals surface area contributed by atoms with Gasteiger partial charge in [-0.15, -0.1) is 0 Å². The number of aromatic hydroxyl groups is 1. The van der Waals surface area contributed by atoms with E-state index in [1.54, 1.807) is 18.3 Å². The van der Waals surface area contributed by atoms with Crippen molar-refractivity contribution in [3.63, 3.8) is 0 Å². The summed E-state index contributed by atoms with van der Waals surface area (Å²) in [6, 6.07) is 9.67. The summed E-state index contributed by atoms with van der Waals surface area (Å²) >= 11 is 0. The molecule has 0 radical (unpaired) electrons. The summed E-state index contributed by atoms with van der Waals surface area (Å²) in [6.07, 6.45) is 5.32. The number of benzene rings is 1. The molecule has 7 heteroatoms. The van der Waals surface area contributed by atoms with Gasteiger partial charge in [-0.2, -0.15) is 0 Å². The van der Waals surface area contributed by atoms with E-state index in [1.165, 1.54) is 18.2 Å². The predicted octanol–water partition coefficient (Wildman–Crippen LogP) is 3.72. The zero-order chi connectivity index (χ0) is 18.4. The average Bonchev–Trinajstić information content (AvgIpc) is 2.64. The topological polar surface area (TPSA) is 90.6 Å². The van der Waals surface area contributed by atoms with Crippen LogP contribution in [0.2, 0.25) is 0 Å². The maximum atomic E-state index is 13.5. The molecule has 0 atom stereocenters. The molecule has 3 N–H and O–H groups in total. The van der Waals surface area contributed by atoms with E-state index >= 15 is 0 Å². The van der Waals surface area contributed by atoms with Gasteiger partial charge in [-0.05, 0) is 55.7 Å². The number of hydrogen-bond donors (Lipinski definition) is 3. The summed E-state index contributed by atoms with van der Waals surface area (Å²) in [6.45, 7) is 0.735. The molecule has 0 amide bonds. The number of pyridine rings is 2. The molecule has 0 fully saturated rings. The van der Waals surface area contributed by atoms with Crippen molar-refractivity contribution in [2.45, 2.75) is 19.3 Å². The van der Waals surface area contributed by atoms with Crippen LogP contribution in [0, 0.1) is 5.82 Å². The first kappa shape index (κ1) is 17.6. The van der Waals surface area contributed by atoms with Crippen LogP contribution < -0.4 is 5.32 Å². The van der Waals surface area contributed by atoms with Crippen LogP contribution in [-0.2, 0) is 6.42 Å². The zero-order valence-electron chi connectivity index (χ0n) is 14.1. The van der Waals surface area contributed by atoms with Gasteiger partial charge in [0.05, 0.1) is 11.7 Å². The molecule has 0 spiro atoms. The molecule has 0 unspecified atom stereocenters. The molecule has 0 bridgehead atoms. The van der Waals surface area contributed by atoms with E-state index in [-0.39, 0.29) is 17.3 Å². The third kappa shape index (κ3) is 4.24. The number of fused-ring (bicyclic) bond motifs is 1. The number of unbranched alkanes of at least 4 members (excludes halogenated alkanes) is 1. The summed E-state index contributed by atoms with van der Waals surface area (Å²) in [5, 5.41) is 25.1. The first-order valence-corrected chi connectivity index (χ1v) is 8.32. The molecular weight excluding hydrogens is 335 g/mol. The molecule has 0 saturated carbocycles. The van der Waals surface area contributed by atoms with Crippen LogP contribution in [-0.4, -0.2) is 33.0 Å². The fraction of sp³-hybridized carbons (Fsp3) is 0.211. The first-order chi connectivity index (χ1) is 12.7. The number of nitrogens with one attached hydrogen (secondary N) is 1. The van der Waals surface area contributed by atoms with Crippen molar-refractivity contribution in [3.8, 4) is 5.75 Å². The lowest BCUT2D eigenvalue weighted by Crippen LogP contribution is -2.04. The molecule has 1 aromatic carbocycles. The Morgan fingerprint density at radius 2 is 2.04 bits per heavy atom. The second kappa shape index (κ2) is 8.24. The molecule has 2 aromatic heterocycles. The monoisotopic (exact) mass is 354 g/mol. The number of nitrogens with zero attached hydrogens (tertiary/aromatic N) is 3. The van der Waals surface area contributed by atoms with Crippen LogP contribution >= 0.6 is 0 Å². The van der Waals surface area contributed by atoms with Crippen molar-refractivity contribution in [2.24, 2.45) is 5.16 Å². The Bertz CT molecular complexity index is 931. The Morgan fingerprint density at radius 1 is 1.15 bits per heavy atom. The lowest BCUT2D eigenvalue weighted by molar-refractivity contribution is 0.321. The third-order valence-electron chi connectivity index (χ3n) is 4.02. The molecule has 3 aromatic rings. The third-order valence-corrected chi connectivity index (χ3v) is 4.02. The van der Waals surface area contributed by atoms with E-state index < -0.39 is 0 Å². The van der Waals surface area contributed by atoms with Crippen molar-refractivity contribution in [1.82, 2.24) is 9.97 Å². The van der Waals surface area contributed by atoms with Gasteiger partial charge in [0, 0.05) is 29.5 Å². The number of aryl methyl sites for hydroxylation is 1. The van der Waals surface area contributed by atoms with Gasteiger partial charge in [-0.3, -0.25) is 4.98 Å². The molecule has 6 nitrogen and oxygen atoms in total. The molecule has 0 aliphatic rings. The highest BCUT2D eigenvalue weighted by molar-refractivity contribution is 5.90. The normalized spacial score (nSPS) is 11.3. The van der Waals surface area contributed by atoms with Crippen LogP contribution in [0.5, 0.6) is 5.75 Å². The van der Waals surface area contributed by atoms with Crippen LogP contribution in [0.3, 0.4) is 0 Å². The van der Waals surface area contributed by atoms with E-state index in [0.717, 1.165) is 54.3 Å². The minimum atomic E-state index is -0.283. The second-order valence-electron chi connectivity index (χ2n) is 5.86. The van der Waals surface area contributed by atoms with Crippen LogP contribution in [0.1, 0.15) is 24.2 Å². The molecule has 2 heterocycles. The van der Waals surface area contributed by atoms with Crippen LogP contribution in [0.25, 0.3) is 10.9 Å². The summed E-state index contributed by atoms with van der Waals surface area (Å²) in [5.74, 6) is -0.306. The number of halogens is 1. The maximum absolute atomic E-state index is 13.5. The molecule has 134 valence electrons. The Morgan fingerprint density at radius 3 is 2.88 bits per heavy atom. The van der Waals surface area contributed by atoms with Gasteiger partial charge in [-0.25, -0.2) is 9.37 Å². The summed E-state index contributed by atoms with van der Waals surface area (Å²) < 4.78 is 13.5. The van der Waals surface area contributed by atoms with Crippen molar-refractivity contribution < 1.29 is 14.7 Å².